The molecule has 0 aliphatic carbocycles. The predicted molar refractivity (Wildman–Crippen MR) is 69.5 cm³/mol. The second kappa shape index (κ2) is 6.04. The summed E-state index contributed by atoms with van der Waals surface area (Å²) in [6, 6.07) is 5.21. The van der Waals surface area contributed by atoms with Crippen molar-refractivity contribution in [3.8, 4) is 0 Å². The van der Waals surface area contributed by atoms with Gasteiger partial charge in [0, 0.05) is 22.9 Å². The molecule has 0 unspecified atom stereocenters. The van der Waals surface area contributed by atoms with E-state index in [1.807, 2.05) is 0 Å². The molecule has 100 valence electrons. The predicted octanol–water partition coefficient (Wildman–Crippen LogP) is 2.98. The fourth-order valence-corrected chi connectivity index (χ4v) is 2.07. The van der Waals surface area contributed by atoms with Gasteiger partial charge in [-0.15, -0.1) is 0 Å². The first-order chi connectivity index (χ1) is 9.06. The van der Waals surface area contributed by atoms with E-state index in [4.69, 9.17) is 32.8 Å². The molecule has 19 heavy (non-hydrogen) atoms. The zero-order valence-electron chi connectivity index (χ0n) is 9.77. The quantitative estimate of drug-likeness (QED) is 0.918. The molecule has 0 saturated heterocycles. The first-order valence-electron chi connectivity index (χ1n) is 5.52. The van der Waals surface area contributed by atoms with Crippen molar-refractivity contribution in [3.63, 3.8) is 0 Å². The van der Waals surface area contributed by atoms with Gasteiger partial charge in [0.2, 0.25) is 5.89 Å². The molecule has 0 atom stereocenters. The number of rotatable bonds is 5. The summed E-state index contributed by atoms with van der Waals surface area (Å²) in [6.45, 7) is 0. The third kappa shape index (κ3) is 3.68. The van der Waals surface area contributed by atoms with Crippen molar-refractivity contribution in [2.45, 2.75) is 19.3 Å². The molecule has 0 saturated carbocycles. The second-order valence-corrected chi connectivity index (χ2v) is 4.69. The largest absolute Gasteiger partial charge is 0.481 e. The minimum Gasteiger partial charge on any atom is -0.481 e. The van der Waals surface area contributed by atoms with Crippen molar-refractivity contribution in [2.75, 3.05) is 0 Å². The molecule has 5 nitrogen and oxygen atoms in total. The molecule has 1 aromatic heterocycles. The number of benzene rings is 1. The maximum absolute atomic E-state index is 10.4. The molecule has 0 radical (unpaired) electrons. The molecule has 0 amide bonds. The molecule has 1 aromatic carbocycles. The second-order valence-electron chi connectivity index (χ2n) is 3.88. The molecular formula is C12H10Cl2N2O3. The highest BCUT2D eigenvalue weighted by Crippen LogP contribution is 2.26. The van der Waals surface area contributed by atoms with Gasteiger partial charge in [-0.2, -0.15) is 4.98 Å². The Hall–Kier alpha value is -1.59. The maximum atomic E-state index is 10.4. The first-order valence-corrected chi connectivity index (χ1v) is 6.28. The summed E-state index contributed by atoms with van der Waals surface area (Å²) in [4.78, 5) is 14.5. The number of carboxylic acids is 1. The summed E-state index contributed by atoms with van der Waals surface area (Å²) < 4.78 is 4.96. The van der Waals surface area contributed by atoms with Crippen LogP contribution in [0.2, 0.25) is 10.0 Å². The van der Waals surface area contributed by atoms with Gasteiger partial charge in [0.15, 0.2) is 5.82 Å². The van der Waals surface area contributed by atoms with Crippen molar-refractivity contribution in [1.29, 1.82) is 0 Å². The lowest BCUT2D eigenvalue weighted by Gasteiger charge is -2.02. The topological polar surface area (TPSA) is 76.2 Å². The Labute approximate surface area is 119 Å². The Morgan fingerprint density at radius 3 is 2.63 bits per heavy atom. The third-order valence-electron chi connectivity index (χ3n) is 2.46. The molecule has 0 aliphatic heterocycles. The summed E-state index contributed by atoms with van der Waals surface area (Å²) >= 11 is 12.1. The number of hydrogen-bond donors (Lipinski definition) is 1. The van der Waals surface area contributed by atoms with Crippen molar-refractivity contribution >= 4 is 29.2 Å². The Kier molecular flexibility index (Phi) is 4.39. The van der Waals surface area contributed by atoms with E-state index >= 15 is 0 Å². The van der Waals surface area contributed by atoms with Crippen molar-refractivity contribution in [2.24, 2.45) is 0 Å². The zero-order chi connectivity index (χ0) is 13.8. The summed E-state index contributed by atoms with van der Waals surface area (Å²) in [6.07, 6.45) is 0.502. The molecule has 1 heterocycles. The molecule has 0 fully saturated rings. The minimum atomic E-state index is -0.908. The van der Waals surface area contributed by atoms with E-state index in [1.54, 1.807) is 18.2 Å². The minimum absolute atomic E-state index is 0.0471. The van der Waals surface area contributed by atoms with Gasteiger partial charge in [-0.25, -0.2) is 0 Å². The highest BCUT2D eigenvalue weighted by molar-refractivity contribution is 6.36. The number of carbonyl (C=O) groups is 1. The number of hydrogen-bond acceptors (Lipinski definition) is 4. The van der Waals surface area contributed by atoms with E-state index in [0.717, 1.165) is 5.56 Å². The lowest BCUT2D eigenvalue weighted by molar-refractivity contribution is -0.137. The fraction of sp³-hybridized carbons (Fsp3) is 0.250. The number of aryl methyl sites for hydroxylation is 1. The number of nitrogens with zero attached hydrogens (tertiary/aromatic N) is 2. The van der Waals surface area contributed by atoms with Gasteiger partial charge in [0.25, 0.3) is 0 Å². The van der Waals surface area contributed by atoms with Crippen LogP contribution in [0.3, 0.4) is 0 Å². The molecule has 0 bridgehead atoms. The summed E-state index contributed by atoms with van der Waals surface area (Å²) in [5.74, 6) is -0.190. The van der Waals surface area contributed by atoms with Gasteiger partial charge in [-0.05, 0) is 17.7 Å². The number of aromatic nitrogens is 2. The van der Waals surface area contributed by atoms with Crippen LogP contribution in [-0.2, 0) is 17.6 Å². The molecule has 2 rings (SSSR count). The van der Waals surface area contributed by atoms with Crippen molar-refractivity contribution < 1.29 is 14.4 Å². The van der Waals surface area contributed by atoms with Crippen LogP contribution >= 0.6 is 23.2 Å². The average Bonchev–Trinajstić information content (AvgIpc) is 2.79. The van der Waals surface area contributed by atoms with Crippen LogP contribution in [0.5, 0.6) is 0 Å². The van der Waals surface area contributed by atoms with Gasteiger partial charge >= 0.3 is 5.97 Å². The normalized spacial score (nSPS) is 10.6. The van der Waals surface area contributed by atoms with Crippen LogP contribution in [0.25, 0.3) is 0 Å². The lowest BCUT2D eigenvalue weighted by Crippen LogP contribution is -1.98. The van der Waals surface area contributed by atoms with Crippen LogP contribution < -0.4 is 0 Å². The number of aliphatic carboxylic acids is 1. The molecule has 2 aromatic rings. The standard InChI is InChI=1S/C12H10Cl2N2O3/c13-8-2-1-3-9(14)7(8)6-10-15-11(19-16-10)4-5-12(17)18/h1-3H,4-6H2,(H,17,18). The maximum Gasteiger partial charge on any atom is 0.303 e. The van der Waals surface area contributed by atoms with Crippen LogP contribution in [0.1, 0.15) is 23.7 Å². The summed E-state index contributed by atoms with van der Waals surface area (Å²) in [7, 11) is 0. The highest BCUT2D eigenvalue weighted by atomic mass is 35.5. The van der Waals surface area contributed by atoms with E-state index < -0.39 is 5.97 Å². The van der Waals surface area contributed by atoms with E-state index in [9.17, 15) is 4.79 Å². The molecule has 1 N–H and O–H groups in total. The van der Waals surface area contributed by atoms with Gasteiger partial charge in [-0.1, -0.05) is 34.4 Å². The fourth-order valence-electron chi connectivity index (χ4n) is 1.54. The smallest absolute Gasteiger partial charge is 0.303 e. The van der Waals surface area contributed by atoms with Crippen molar-refractivity contribution in [1.82, 2.24) is 10.1 Å². The Balaban J connectivity index is 2.09. The van der Waals surface area contributed by atoms with Crippen LogP contribution in [-0.4, -0.2) is 21.2 Å². The zero-order valence-corrected chi connectivity index (χ0v) is 11.3. The Morgan fingerprint density at radius 2 is 2.00 bits per heavy atom. The van der Waals surface area contributed by atoms with E-state index in [2.05, 4.69) is 10.1 Å². The third-order valence-corrected chi connectivity index (χ3v) is 3.17. The van der Waals surface area contributed by atoms with Gasteiger partial charge in [-0.3, -0.25) is 4.79 Å². The lowest BCUT2D eigenvalue weighted by atomic mass is 10.1. The van der Waals surface area contributed by atoms with Crippen molar-refractivity contribution in [3.05, 3.63) is 45.5 Å². The van der Waals surface area contributed by atoms with Gasteiger partial charge < -0.3 is 9.63 Å². The summed E-state index contributed by atoms with van der Waals surface area (Å²) in [5.41, 5.74) is 0.719. The monoisotopic (exact) mass is 300 g/mol. The average molecular weight is 301 g/mol. The van der Waals surface area contributed by atoms with Crippen LogP contribution in [0.4, 0.5) is 0 Å². The van der Waals surface area contributed by atoms with Gasteiger partial charge in [0.1, 0.15) is 0 Å². The highest BCUT2D eigenvalue weighted by Gasteiger charge is 2.12. The van der Waals surface area contributed by atoms with Crippen LogP contribution in [0.15, 0.2) is 22.7 Å². The first kappa shape index (κ1) is 13.8. The van der Waals surface area contributed by atoms with Gasteiger partial charge in [0.05, 0.1) is 6.42 Å². The number of carboxylic acid groups (broad SMARTS) is 1. The van der Waals surface area contributed by atoms with Crippen LogP contribution in [0, 0.1) is 0 Å². The SMILES string of the molecule is O=C(O)CCc1nc(Cc2c(Cl)cccc2Cl)no1. The number of halogens is 2. The Morgan fingerprint density at radius 1 is 1.32 bits per heavy atom. The molecule has 0 spiro atoms. The Bertz CT molecular complexity index is 578. The molecule has 7 heteroatoms. The molecule has 0 aliphatic rings. The van der Waals surface area contributed by atoms with E-state index in [0.29, 0.717) is 28.2 Å². The van der Waals surface area contributed by atoms with E-state index in [1.165, 1.54) is 0 Å². The molecular weight excluding hydrogens is 291 g/mol. The van der Waals surface area contributed by atoms with E-state index in [-0.39, 0.29) is 12.8 Å². The summed E-state index contributed by atoms with van der Waals surface area (Å²) in [5, 5.41) is 13.4.